The van der Waals surface area contributed by atoms with Gasteiger partial charge in [0.05, 0.1) is 5.60 Å². The van der Waals surface area contributed by atoms with Gasteiger partial charge in [0.15, 0.2) is 0 Å². The number of nitrogens with one attached hydrogen (secondary N) is 1. The highest BCUT2D eigenvalue weighted by atomic mass is 16.5. The fourth-order valence-electron chi connectivity index (χ4n) is 1.77. The SMILES string of the molecule is COC(C)(C)CCNc1ccccc1CN(C)C. The molecule has 0 fully saturated rings. The van der Waals surface area contributed by atoms with Gasteiger partial charge in [-0.2, -0.15) is 0 Å². The first-order valence-corrected chi connectivity index (χ1v) is 6.46. The molecule has 3 heteroatoms. The average molecular weight is 250 g/mol. The summed E-state index contributed by atoms with van der Waals surface area (Å²) < 4.78 is 5.42. The molecule has 0 unspecified atom stereocenters. The Hall–Kier alpha value is -1.06. The number of anilines is 1. The maximum Gasteiger partial charge on any atom is 0.0639 e. The molecule has 0 bridgehead atoms. The Balaban J connectivity index is 2.56. The van der Waals surface area contributed by atoms with Crippen molar-refractivity contribution in [1.29, 1.82) is 0 Å². The van der Waals surface area contributed by atoms with Gasteiger partial charge in [-0.3, -0.25) is 0 Å². The zero-order valence-corrected chi connectivity index (χ0v) is 12.3. The smallest absolute Gasteiger partial charge is 0.0639 e. The molecule has 0 spiro atoms. The zero-order valence-electron chi connectivity index (χ0n) is 12.3. The standard InChI is InChI=1S/C15H26N2O/c1-15(2,18-5)10-11-16-14-9-7-6-8-13(14)12-17(3)4/h6-9,16H,10-12H2,1-5H3. The van der Waals surface area contributed by atoms with Crippen molar-refractivity contribution in [3.05, 3.63) is 29.8 Å². The number of methoxy groups -OCH3 is 1. The third kappa shape index (κ3) is 5.07. The van der Waals surface area contributed by atoms with Gasteiger partial charge in [-0.25, -0.2) is 0 Å². The molecule has 1 rings (SSSR count). The van der Waals surface area contributed by atoms with Crippen LogP contribution in [0.25, 0.3) is 0 Å². The Kier molecular flexibility index (Phi) is 5.63. The number of nitrogens with zero attached hydrogens (tertiary/aromatic N) is 1. The van der Waals surface area contributed by atoms with Gasteiger partial charge in [0.1, 0.15) is 0 Å². The van der Waals surface area contributed by atoms with Gasteiger partial charge in [-0.15, -0.1) is 0 Å². The number of rotatable bonds is 7. The lowest BCUT2D eigenvalue weighted by atomic mass is 10.1. The predicted molar refractivity (Wildman–Crippen MR) is 78.0 cm³/mol. The number of benzene rings is 1. The summed E-state index contributed by atoms with van der Waals surface area (Å²) in [7, 11) is 5.94. The van der Waals surface area contributed by atoms with Gasteiger partial charge in [0.25, 0.3) is 0 Å². The van der Waals surface area contributed by atoms with Gasteiger partial charge in [0, 0.05) is 25.9 Å². The Labute approximate surface area is 111 Å². The lowest BCUT2D eigenvalue weighted by Gasteiger charge is -2.23. The van der Waals surface area contributed by atoms with Crippen LogP contribution in [0, 0.1) is 0 Å². The minimum Gasteiger partial charge on any atom is -0.385 e. The second-order valence-corrected chi connectivity index (χ2v) is 5.54. The van der Waals surface area contributed by atoms with E-state index in [1.165, 1.54) is 11.3 Å². The van der Waals surface area contributed by atoms with Gasteiger partial charge >= 0.3 is 0 Å². The number of ether oxygens (including phenoxy) is 1. The van der Waals surface area contributed by atoms with Crippen molar-refractivity contribution in [3.63, 3.8) is 0 Å². The third-order valence-electron chi connectivity index (χ3n) is 3.10. The molecule has 18 heavy (non-hydrogen) atoms. The molecule has 0 aliphatic carbocycles. The van der Waals surface area contributed by atoms with Gasteiger partial charge in [-0.1, -0.05) is 18.2 Å². The second kappa shape index (κ2) is 6.76. The molecule has 0 aromatic heterocycles. The third-order valence-corrected chi connectivity index (χ3v) is 3.10. The highest BCUT2D eigenvalue weighted by Crippen LogP contribution is 2.18. The molecule has 1 aromatic carbocycles. The van der Waals surface area contributed by atoms with E-state index in [1.54, 1.807) is 7.11 Å². The normalized spacial score (nSPS) is 11.9. The summed E-state index contributed by atoms with van der Waals surface area (Å²) in [5.74, 6) is 0. The average Bonchev–Trinajstić information content (AvgIpc) is 2.30. The molecule has 3 nitrogen and oxygen atoms in total. The predicted octanol–water partition coefficient (Wildman–Crippen LogP) is 2.98. The molecule has 0 heterocycles. The summed E-state index contributed by atoms with van der Waals surface area (Å²) in [5.41, 5.74) is 2.49. The molecule has 0 atom stereocenters. The van der Waals surface area contributed by atoms with E-state index in [0.29, 0.717) is 0 Å². The molecule has 0 saturated carbocycles. The lowest BCUT2D eigenvalue weighted by Crippen LogP contribution is -2.26. The van der Waals surface area contributed by atoms with Crippen LogP contribution in [0.1, 0.15) is 25.8 Å². The van der Waals surface area contributed by atoms with Gasteiger partial charge in [0.2, 0.25) is 0 Å². The Morgan fingerprint density at radius 3 is 2.50 bits per heavy atom. The minimum atomic E-state index is -0.0660. The molecule has 0 radical (unpaired) electrons. The number of para-hydroxylation sites is 1. The maximum absolute atomic E-state index is 5.42. The molecular weight excluding hydrogens is 224 g/mol. The van der Waals surface area contributed by atoms with Crippen molar-refractivity contribution >= 4 is 5.69 Å². The topological polar surface area (TPSA) is 24.5 Å². The molecule has 102 valence electrons. The fraction of sp³-hybridized carbons (Fsp3) is 0.600. The number of hydrogen-bond acceptors (Lipinski definition) is 3. The Morgan fingerprint density at radius 1 is 1.22 bits per heavy atom. The van der Waals surface area contributed by atoms with E-state index in [2.05, 4.69) is 62.4 Å². The summed E-state index contributed by atoms with van der Waals surface area (Å²) in [6.07, 6.45) is 0.986. The van der Waals surface area contributed by atoms with E-state index >= 15 is 0 Å². The first-order valence-electron chi connectivity index (χ1n) is 6.46. The van der Waals surface area contributed by atoms with Crippen molar-refractivity contribution < 1.29 is 4.74 Å². The molecule has 0 aliphatic heterocycles. The van der Waals surface area contributed by atoms with Crippen LogP contribution < -0.4 is 5.32 Å². The highest BCUT2D eigenvalue weighted by Gasteiger charge is 2.15. The molecular formula is C15H26N2O. The van der Waals surface area contributed by atoms with Crippen LogP contribution in [0.15, 0.2) is 24.3 Å². The van der Waals surface area contributed by atoms with Crippen molar-refractivity contribution in [2.24, 2.45) is 0 Å². The lowest BCUT2D eigenvalue weighted by molar-refractivity contribution is 0.0185. The van der Waals surface area contributed by atoms with E-state index in [-0.39, 0.29) is 5.60 Å². The largest absolute Gasteiger partial charge is 0.385 e. The molecule has 0 amide bonds. The highest BCUT2D eigenvalue weighted by molar-refractivity contribution is 5.51. The van der Waals surface area contributed by atoms with Gasteiger partial charge < -0.3 is 15.0 Å². The van der Waals surface area contributed by atoms with Crippen molar-refractivity contribution in [2.75, 3.05) is 33.1 Å². The zero-order chi connectivity index (χ0) is 13.6. The van der Waals surface area contributed by atoms with Crippen molar-refractivity contribution in [1.82, 2.24) is 4.90 Å². The van der Waals surface area contributed by atoms with Crippen LogP contribution in [0.5, 0.6) is 0 Å². The van der Waals surface area contributed by atoms with Crippen LogP contribution in [0.4, 0.5) is 5.69 Å². The van der Waals surface area contributed by atoms with Gasteiger partial charge in [-0.05, 0) is 46.0 Å². The van der Waals surface area contributed by atoms with E-state index < -0.39 is 0 Å². The molecule has 0 saturated heterocycles. The minimum absolute atomic E-state index is 0.0660. The molecule has 1 N–H and O–H groups in total. The second-order valence-electron chi connectivity index (χ2n) is 5.54. The monoisotopic (exact) mass is 250 g/mol. The molecule has 0 aliphatic rings. The van der Waals surface area contributed by atoms with E-state index in [9.17, 15) is 0 Å². The number of hydrogen-bond donors (Lipinski definition) is 1. The molecule has 1 aromatic rings. The van der Waals surface area contributed by atoms with Crippen molar-refractivity contribution in [2.45, 2.75) is 32.4 Å². The maximum atomic E-state index is 5.42. The first kappa shape index (κ1) is 15.0. The van der Waals surface area contributed by atoms with Crippen LogP contribution in [-0.2, 0) is 11.3 Å². The van der Waals surface area contributed by atoms with Crippen LogP contribution in [0.2, 0.25) is 0 Å². The summed E-state index contributed by atoms with van der Waals surface area (Å²) in [6.45, 7) is 6.10. The summed E-state index contributed by atoms with van der Waals surface area (Å²) in [6, 6.07) is 8.47. The Bertz CT molecular complexity index is 361. The van der Waals surface area contributed by atoms with Crippen molar-refractivity contribution in [3.8, 4) is 0 Å². The fourth-order valence-corrected chi connectivity index (χ4v) is 1.77. The van der Waals surface area contributed by atoms with Crippen LogP contribution in [0.3, 0.4) is 0 Å². The van der Waals surface area contributed by atoms with E-state index in [4.69, 9.17) is 4.74 Å². The van der Waals surface area contributed by atoms with E-state index in [0.717, 1.165) is 19.5 Å². The first-order chi connectivity index (χ1) is 8.44. The summed E-state index contributed by atoms with van der Waals surface area (Å²) >= 11 is 0. The Morgan fingerprint density at radius 2 is 1.89 bits per heavy atom. The van der Waals surface area contributed by atoms with Crippen LogP contribution in [-0.4, -0.2) is 38.3 Å². The van der Waals surface area contributed by atoms with Crippen LogP contribution >= 0.6 is 0 Å². The summed E-state index contributed by atoms with van der Waals surface area (Å²) in [5, 5.41) is 3.50. The van der Waals surface area contributed by atoms with E-state index in [1.807, 2.05) is 0 Å². The quantitative estimate of drug-likeness (QED) is 0.805. The summed E-state index contributed by atoms with van der Waals surface area (Å²) in [4.78, 5) is 2.18.